The van der Waals surface area contributed by atoms with E-state index >= 15 is 0 Å². The number of benzene rings is 3. The van der Waals surface area contributed by atoms with Gasteiger partial charge in [0.05, 0.1) is 12.5 Å². The highest BCUT2D eigenvalue weighted by atomic mass is 35.5. The van der Waals surface area contributed by atoms with Gasteiger partial charge in [0, 0.05) is 30.0 Å². The Bertz CT molecular complexity index is 1130. The summed E-state index contributed by atoms with van der Waals surface area (Å²) < 4.78 is 2.18. The second kappa shape index (κ2) is 11.0. The molecule has 0 aliphatic rings. The van der Waals surface area contributed by atoms with Gasteiger partial charge < -0.3 is 9.47 Å². The van der Waals surface area contributed by atoms with Crippen molar-refractivity contribution in [3.05, 3.63) is 131 Å². The Morgan fingerprint density at radius 1 is 0.848 bits per heavy atom. The number of amides is 1. The molecule has 0 aliphatic carbocycles. The van der Waals surface area contributed by atoms with Crippen molar-refractivity contribution in [2.75, 3.05) is 6.54 Å². The molecule has 4 heteroatoms. The van der Waals surface area contributed by atoms with Gasteiger partial charge in [0.15, 0.2) is 0 Å². The fourth-order valence-corrected chi connectivity index (χ4v) is 4.44. The van der Waals surface area contributed by atoms with Gasteiger partial charge in [0.1, 0.15) is 0 Å². The third kappa shape index (κ3) is 5.55. The van der Waals surface area contributed by atoms with Crippen LogP contribution in [-0.2, 0) is 17.9 Å². The molecule has 0 saturated heterocycles. The maximum absolute atomic E-state index is 14.0. The van der Waals surface area contributed by atoms with Crippen LogP contribution in [0.25, 0.3) is 0 Å². The van der Waals surface area contributed by atoms with E-state index in [2.05, 4.69) is 23.8 Å². The van der Waals surface area contributed by atoms with Gasteiger partial charge in [0.25, 0.3) is 0 Å². The number of hydrogen-bond acceptors (Lipinski definition) is 1. The molecule has 168 valence electrons. The average Bonchev–Trinajstić information content (AvgIpc) is 3.28. The Labute approximate surface area is 201 Å². The molecular formula is C29H29ClN2O. The molecule has 33 heavy (non-hydrogen) atoms. The van der Waals surface area contributed by atoms with Crippen LogP contribution in [0.4, 0.5) is 0 Å². The van der Waals surface area contributed by atoms with Crippen molar-refractivity contribution >= 4 is 17.5 Å². The molecule has 4 rings (SSSR count). The molecule has 0 unspecified atom stereocenters. The molecule has 3 nitrogen and oxygen atoms in total. The number of carbonyl (C=O) groups is 1. The Balaban J connectivity index is 1.63. The topological polar surface area (TPSA) is 25.2 Å². The van der Waals surface area contributed by atoms with E-state index in [1.54, 1.807) is 0 Å². The van der Waals surface area contributed by atoms with Crippen LogP contribution in [0.3, 0.4) is 0 Å². The van der Waals surface area contributed by atoms with E-state index < -0.39 is 0 Å². The molecule has 1 aromatic heterocycles. The average molecular weight is 457 g/mol. The number of halogens is 1. The molecule has 0 fully saturated rings. The third-order valence-electron chi connectivity index (χ3n) is 5.89. The normalized spacial score (nSPS) is 11.0. The van der Waals surface area contributed by atoms with Gasteiger partial charge in [0.2, 0.25) is 5.91 Å². The van der Waals surface area contributed by atoms with Crippen molar-refractivity contribution in [2.24, 2.45) is 0 Å². The van der Waals surface area contributed by atoms with Crippen LogP contribution in [0.2, 0.25) is 5.02 Å². The van der Waals surface area contributed by atoms with Crippen LogP contribution >= 0.6 is 11.6 Å². The lowest BCUT2D eigenvalue weighted by atomic mass is 9.90. The van der Waals surface area contributed by atoms with Crippen LogP contribution in [0.1, 0.15) is 41.6 Å². The summed E-state index contributed by atoms with van der Waals surface area (Å²) in [5.74, 6) is -0.203. The summed E-state index contributed by atoms with van der Waals surface area (Å²) in [6.45, 7) is 4.05. The maximum Gasteiger partial charge on any atom is 0.234 e. The number of hydrogen-bond donors (Lipinski definition) is 0. The minimum atomic E-state index is -0.328. The van der Waals surface area contributed by atoms with Crippen LogP contribution < -0.4 is 0 Å². The number of nitrogens with zero attached hydrogens (tertiary/aromatic N) is 2. The van der Waals surface area contributed by atoms with Crippen LogP contribution in [0.5, 0.6) is 0 Å². The SMILES string of the molecule is CCCN(Cc1cccn1Cc1ccccc1Cl)C(=O)C(c1ccccc1)c1ccccc1. The molecule has 1 heterocycles. The second-order valence-electron chi connectivity index (χ2n) is 8.23. The molecule has 3 aromatic carbocycles. The van der Waals surface area contributed by atoms with Crippen LogP contribution in [-0.4, -0.2) is 21.9 Å². The summed E-state index contributed by atoms with van der Waals surface area (Å²) >= 11 is 6.40. The van der Waals surface area contributed by atoms with Gasteiger partial charge in [-0.05, 0) is 41.3 Å². The Morgan fingerprint density at radius 2 is 1.45 bits per heavy atom. The fourth-order valence-electron chi connectivity index (χ4n) is 4.24. The molecule has 0 N–H and O–H groups in total. The van der Waals surface area contributed by atoms with Crippen molar-refractivity contribution in [1.29, 1.82) is 0 Å². The highest BCUT2D eigenvalue weighted by molar-refractivity contribution is 6.31. The van der Waals surface area contributed by atoms with Crippen molar-refractivity contribution < 1.29 is 4.79 Å². The highest BCUT2D eigenvalue weighted by Gasteiger charge is 2.27. The van der Waals surface area contributed by atoms with Crippen molar-refractivity contribution in [3.63, 3.8) is 0 Å². The standard InChI is InChI=1S/C29H29ClN2O/c1-2-19-32(22-26-17-11-20-31(26)21-25-16-9-10-18-27(25)30)29(33)28(23-12-5-3-6-13-23)24-14-7-4-8-15-24/h3-18,20,28H,2,19,21-22H2,1H3. The van der Waals surface area contributed by atoms with E-state index in [0.717, 1.165) is 33.8 Å². The monoisotopic (exact) mass is 456 g/mol. The number of carbonyl (C=O) groups excluding carboxylic acids is 1. The first-order chi connectivity index (χ1) is 16.2. The maximum atomic E-state index is 14.0. The van der Waals surface area contributed by atoms with E-state index in [4.69, 9.17) is 11.6 Å². The van der Waals surface area contributed by atoms with Crippen LogP contribution in [0, 0.1) is 0 Å². The van der Waals surface area contributed by atoms with Gasteiger partial charge >= 0.3 is 0 Å². The van der Waals surface area contributed by atoms with Crippen molar-refractivity contribution in [2.45, 2.75) is 32.4 Å². The summed E-state index contributed by atoms with van der Waals surface area (Å²) in [6.07, 6.45) is 2.95. The molecule has 1 amide bonds. The van der Waals surface area contributed by atoms with Crippen molar-refractivity contribution in [3.8, 4) is 0 Å². The molecule has 0 spiro atoms. The quantitative estimate of drug-likeness (QED) is 0.273. The Kier molecular flexibility index (Phi) is 7.64. The van der Waals surface area contributed by atoms with E-state index in [-0.39, 0.29) is 11.8 Å². The first-order valence-electron chi connectivity index (χ1n) is 11.4. The third-order valence-corrected chi connectivity index (χ3v) is 6.26. The lowest BCUT2D eigenvalue weighted by molar-refractivity contribution is -0.132. The summed E-state index contributed by atoms with van der Waals surface area (Å²) in [5, 5.41) is 0.756. The lowest BCUT2D eigenvalue weighted by Crippen LogP contribution is -2.36. The first kappa shape index (κ1) is 22.9. The molecule has 0 saturated carbocycles. The van der Waals surface area contributed by atoms with Gasteiger partial charge in [-0.3, -0.25) is 4.79 Å². The van der Waals surface area contributed by atoms with Gasteiger partial charge in [-0.15, -0.1) is 0 Å². The van der Waals surface area contributed by atoms with E-state index in [1.807, 2.05) is 95.9 Å². The zero-order chi connectivity index (χ0) is 23.0. The second-order valence-corrected chi connectivity index (χ2v) is 8.64. The summed E-state index contributed by atoms with van der Waals surface area (Å²) in [4.78, 5) is 16.0. The summed E-state index contributed by atoms with van der Waals surface area (Å²) in [5.41, 5.74) is 4.19. The minimum Gasteiger partial charge on any atom is -0.345 e. The predicted octanol–water partition coefficient (Wildman–Crippen LogP) is 6.76. The molecule has 0 radical (unpaired) electrons. The smallest absolute Gasteiger partial charge is 0.234 e. The largest absolute Gasteiger partial charge is 0.345 e. The Morgan fingerprint density at radius 3 is 2.06 bits per heavy atom. The minimum absolute atomic E-state index is 0.125. The fraction of sp³-hybridized carbons (Fsp3) is 0.207. The molecule has 0 aliphatic heterocycles. The zero-order valence-electron chi connectivity index (χ0n) is 18.9. The highest BCUT2D eigenvalue weighted by Crippen LogP contribution is 2.28. The summed E-state index contributed by atoms with van der Waals surface area (Å²) in [6, 6.07) is 32.2. The zero-order valence-corrected chi connectivity index (χ0v) is 19.7. The van der Waals surface area contributed by atoms with Crippen molar-refractivity contribution in [1.82, 2.24) is 9.47 Å². The first-order valence-corrected chi connectivity index (χ1v) is 11.8. The van der Waals surface area contributed by atoms with Gasteiger partial charge in [-0.1, -0.05) is 97.4 Å². The molecule has 4 aromatic rings. The molecular weight excluding hydrogens is 428 g/mol. The molecule has 0 bridgehead atoms. The van der Waals surface area contributed by atoms with E-state index in [9.17, 15) is 4.79 Å². The van der Waals surface area contributed by atoms with Crippen LogP contribution in [0.15, 0.2) is 103 Å². The Hall–Kier alpha value is -3.30. The van der Waals surface area contributed by atoms with E-state index in [0.29, 0.717) is 19.6 Å². The predicted molar refractivity (Wildman–Crippen MR) is 135 cm³/mol. The lowest BCUT2D eigenvalue weighted by Gasteiger charge is -2.28. The van der Waals surface area contributed by atoms with Gasteiger partial charge in [-0.25, -0.2) is 0 Å². The van der Waals surface area contributed by atoms with Gasteiger partial charge in [-0.2, -0.15) is 0 Å². The number of rotatable bonds is 9. The number of aromatic nitrogens is 1. The van der Waals surface area contributed by atoms with E-state index in [1.165, 1.54) is 0 Å². The summed E-state index contributed by atoms with van der Waals surface area (Å²) in [7, 11) is 0. The molecule has 0 atom stereocenters.